The summed E-state index contributed by atoms with van der Waals surface area (Å²) in [5, 5.41) is 1.51. The van der Waals surface area contributed by atoms with Crippen molar-refractivity contribution in [3.8, 4) is 0 Å². The zero-order valence-corrected chi connectivity index (χ0v) is 14.8. The van der Waals surface area contributed by atoms with Crippen molar-refractivity contribution in [2.75, 3.05) is 0 Å². The van der Waals surface area contributed by atoms with E-state index in [1.807, 2.05) is 0 Å². The maximum atomic E-state index is 4.86. The van der Waals surface area contributed by atoms with Crippen LogP contribution in [0.2, 0.25) is 19.6 Å². The van der Waals surface area contributed by atoms with Crippen molar-refractivity contribution < 1.29 is 0 Å². The van der Waals surface area contributed by atoms with Gasteiger partial charge in [0.1, 0.15) is 0 Å². The van der Waals surface area contributed by atoms with Crippen molar-refractivity contribution in [2.24, 2.45) is 0 Å². The van der Waals surface area contributed by atoms with Gasteiger partial charge in [-0.1, -0.05) is 51.0 Å². The second kappa shape index (κ2) is 6.25. The van der Waals surface area contributed by atoms with Crippen LogP contribution in [0.15, 0.2) is 18.3 Å². The summed E-state index contributed by atoms with van der Waals surface area (Å²) in [6.07, 6.45) is 11.2. The van der Waals surface area contributed by atoms with Crippen LogP contribution in [0.1, 0.15) is 63.1 Å². The van der Waals surface area contributed by atoms with E-state index in [4.69, 9.17) is 4.98 Å². The predicted molar refractivity (Wildman–Crippen MR) is 92.4 cm³/mol. The van der Waals surface area contributed by atoms with Crippen molar-refractivity contribution in [1.29, 1.82) is 0 Å². The highest BCUT2D eigenvalue weighted by atomic mass is 28.3. The highest BCUT2D eigenvalue weighted by Gasteiger charge is 2.23. The molecule has 0 N–H and O–H groups in total. The Labute approximate surface area is 125 Å². The van der Waals surface area contributed by atoms with E-state index < -0.39 is 8.07 Å². The summed E-state index contributed by atoms with van der Waals surface area (Å²) in [4.78, 5) is 4.86. The molecule has 1 saturated carbocycles. The van der Waals surface area contributed by atoms with Gasteiger partial charge in [0, 0.05) is 6.20 Å². The van der Waals surface area contributed by atoms with Gasteiger partial charge in [-0.2, -0.15) is 0 Å². The Morgan fingerprint density at radius 1 is 1.20 bits per heavy atom. The molecule has 0 spiro atoms. The molecule has 1 nitrogen and oxygen atoms in total. The summed E-state index contributed by atoms with van der Waals surface area (Å²) in [7, 11) is -1.28. The summed E-state index contributed by atoms with van der Waals surface area (Å²) in [5.74, 6) is 0.734. The summed E-state index contributed by atoms with van der Waals surface area (Å²) in [6, 6.07) is 2.50. The number of hydrogen-bond donors (Lipinski definition) is 0. The molecule has 1 aliphatic carbocycles. The lowest BCUT2D eigenvalue weighted by molar-refractivity contribution is 0.442. The Kier molecular flexibility index (Phi) is 4.85. The number of nitrogens with zero attached hydrogens (tertiary/aromatic N) is 1. The Morgan fingerprint density at radius 2 is 1.85 bits per heavy atom. The van der Waals surface area contributed by atoms with Crippen LogP contribution in [0.25, 0.3) is 5.57 Å². The van der Waals surface area contributed by atoms with Gasteiger partial charge >= 0.3 is 0 Å². The van der Waals surface area contributed by atoms with Gasteiger partial charge in [0.15, 0.2) is 0 Å². The van der Waals surface area contributed by atoms with Crippen LogP contribution in [0.4, 0.5) is 0 Å². The monoisotopic (exact) mass is 287 g/mol. The first-order valence-corrected chi connectivity index (χ1v) is 11.6. The second-order valence-corrected chi connectivity index (χ2v) is 12.3. The van der Waals surface area contributed by atoms with Crippen LogP contribution in [-0.2, 0) is 0 Å². The van der Waals surface area contributed by atoms with E-state index in [2.05, 4.69) is 51.8 Å². The molecule has 0 bridgehead atoms. The topological polar surface area (TPSA) is 12.9 Å². The minimum Gasteiger partial charge on any atom is -0.256 e. The molecular weight excluding hydrogens is 258 g/mol. The summed E-state index contributed by atoms with van der Waals surface area (Å²) < 4.78 is 0. The number of hydrogen-bond acceptors (Lipinski definition) is 1. The van der Waals surface area contributed by atoms with Gasteiger partial charge in [-0.3, -0.25) is 4.98 Å². The fourth-order valence-corrected chi connectivity index (χ4v) is 4.12. The molecule has 0 atom stereocenters. The third-order valence-electron chi connectivity index (χ3n) is 4.63. The molecule has 0 unspecified atom stereocenters. The first kappa shape index (κ1) is 15.5. The van der Waals surface area contributed by atoms with Crippen molar-refractivity contribution in [2.45, 2.75) is 71.5 Å². The second-order valence-electron chi connectivity index (χ2n) is 7.22. The normalized spacial score (nSPS) is 18.4. The van der Waals surface area contributed by atoms with Crippen LogP contribution >= 0.6 is 0 Å². The smallest absolute Gasteiger partial charge is 0.0796 e. The van der Waals surface area contributed by atoms with Crippen molar-refractivity contribution in [3.63, 3.8) is 0 Å². The first-order chi connectivity index (χ1) is 9.43. The molecule has 110 valence electrons. The largest absolute Gasteiger partial charge is 0.256 e. The molecule has 0 amide bonds. The van der Waals surface area contributed by atoms with Crippen molar-refractivity contribution in [3.05, 3.63) is 29.6 Å². The zero-order chi connectivity index (χ0) is 14.8. The molecule has 1 heterocycles. The van der Waals surface area contributed by atoms with Crippen molar-refractivity contribution in [1.82, 2.24) is 4.98 Å². The zero-order valence-electron chi connectivity index (χ0n) is 13.8. The average Bonchev–Trinajstić information content (AvgIpc) is 2.46. The van der Waals surface area contributed by atoms with E-state index in [9.17, 15) is 0 Å². The first-order valence-electron chi connectivity index (χ1n) is 8.07. The highest BCUT2D eigenvalue weighted by Crippen LogP contribution is 2.35. The molecule has 2 heteroatoms. The molecule has 0 radical (unpaired) electrons. The quantitative estimate of drug-likeness (QED) is 0.705. The van der Waals surface area contributed by atoms with Gasteiger partial charge in [-0.05, 0) is 48.9 Å². The summed E-state index contributed by atoms with van der Waals surface area (Å²) in [6.45, 7) is 11.6. The molecule has 1 aromatic heterocycles. The maximum absolute atomic E-state index is 4.86. The molecule has 0 aliphatic heterocycles. The van der Waals surface area contributed by atoms with Crippen LogP contribution in [0.5, 0.6) is 0 Å². The lowest BCUT2D eigenvalue weighted by Crippen LogP contribution is -2.38. The van der Waals surface area contributed by atoms with Gasteiger partial charge in [-0.25, -0.2) is 0 Å². The maximum Gasteiger partial charge on any atom is 0.0796 e. The molecule has 0 aromatic carbocycles. The van der Waals surface area contributed by atoms with Crippen LogP contribution in [0.3, 0.4) is 0 Å². The van der Waals surface area contributed by atoms with Crippen LogP contribution < -0.4 is 5.19 Å². The Bertz CT molecular complexity index is 491. The van der Waals surface area contributed by atoms with Crippen molar-refractivity contribution >= 4 is 18.8 Å². The molecule has 1 aromatic rings. The van der Waals surface area contributed by atoms with E-state index in [0.717, 1.165) is 5.92 Å². The SMILES string of the molecule is C/C=C(\C)c1ncc([Si](C)(C)C)cc1C1CCCCC1. The van der Waals surface area contributed by atoms with E-state index in [-0.39, 0.29) is 0 Å². The Balaban J connectivity index is 2.47. The standard InChI is InChI=1S/C18H29NSi/c1-6-14(2)18-17(15-10-8-7-9-11-15)12-16(13-19-18)20(3,4)5/h6,12-13,15H,7-11H2,1-5H3/b14-6+. The van der Waals surface area contributed by atoms with Gasteiger partial charge in [-0.15, -0.1) is 0 Å². The van der Waals surface area contributed by atoms with Gasteiger partial charge in [0.2, 0.25) is 0 Å². The lowest BCUT2D eigenvalue weighted by atomic mass is 9.82. The number of pyridine rings is 1. The molecule has 2 rings (SSSR count). The molecule has 20 heavy (non-hydrogen) atoms. The van der Waals surface area contributed by atoms with E-state index in [0.29, 0.717) is 0 Å². The Hall–Kier alpha value is -0.893. The minimum absolute atomic E-state index is 0.734. The number of aromatic nitrogens is 1. The summed E-state index contributed by atoms with van der Waals surface area (Å²) in [5.41, 5.74) is 4.11. The number of rotatable bonds is 3. The lowest BCUT2D eigenvalue weighted by Gasteiger charge is -2.26. The molecule has 1 aliphatic rings. The molecule has 0 saturated heterocycles. The highest BCUT2D eigenvalue weighted by molar-refractivity contribution is 6.88. The van der Waals surface area contributed by atoms with Gasteiger partial charge in [0.05, 0.1) is 13.8 Å². The van der Waals surface area contributed by atoms with Gasteiger partial charge < -0.3 is 0 Å². The van der Waals surface area contributed by atoms with Crippen LogP contribution in [0, 0.1) is 0 Å². The third-order valence-corrected chi connectivity index (χ3v) is 6.64. The van der Waals surface area contributed by atoms with E-state index >= 15 is 0 Å². The van der Waals surface area contributed by atoms with E-state index in [1.54, 1.807) is 0 Å². The minimum atomic E-state index is -1.28. The van der Waals surface area contributed by atoms with E-state index in [1.165, 1.54) is 54.1 Å². The third kappa shape index (κ3) is 3.40. The Morgan fingerprint density at radius 3 is 2.40 bits per heavy atom. The molecule has 1 fully saturated rings. The molecular formula is C18H29NSi. The average molecular weight is 288 g/mol. The fraction of sp³-hybridized carbons (Fsp3) is 0.611. The van der Waals surface area contributed by atoms with Gasteiger partial charge in [0.25, 0.3) is 0 Å². The van der Waals surface area contributed by atoms with Crippen LogP contribution in [-0.4, -0.2) is 13.1 Å². The number of allylic oxidation sites excluding steroid dienone is 2. The summed E-state index contributed by atoms with van der Waals surface area (Å²) >= 11 is 0. The fourth-order valence-electron chi connectivity index (χ4n) is 3.08. The predicted octanol–water partition coefficient (Wildman–Crippen LogP) is 5.10.